The number of nitrogens with zero attached hydrogens (tertiary/aromatic N) is 3. The van der Waals surface area contributed by atoms with Crippen molar-refractivity contribution in [1.29, 1.82) is 0 Å². The van der Waals surface area contributed by atoms with Crippen LogP contribution in [0.2, 0.25) is 0 Å². The number of nitrogens with one attached hydrogen (secondary N) is 1. The quantitative estimate of drug-likeness (QED) is 0.926. The Morgan fingerprint density at radius 1 is 1.45 bits per heavy atom. The number of hydrogen-bond acceptors (Lipinski definition) is 5. The van der Waals surface area contributed by atoms with Crippen molar-refractivity contribution in [2.24, 2.45) is 0 Å². The summed E-state index contributed by atoms with van der Waals surface area (Å²) < 4.78 is 0.242. The van der Waals surface area contributed by atoms with Crippen molar-refractivity contribution in [3.8, 4) is 0 Å². The smallest absolute Gasteiger partial charge is 0.274 e. The van der Waals surface area contributed by atoms with E-state index < -0.39 is 0 Å². The summed E-state index contributed by atoms with van der Waals surface area (Å²) in [5.74, 6) is 1.61. The van der Waals surface area contributed by atoms with Gasteiger partial charge in [-0.25, -0.2) is 4.98 Å². The van der Waals surface area contributed by atoms with Crippen LogP contribution < -0.4 is 5.32 Å². The van der Waals surface area contributed by atoms with Crippen LogP contribution in [0.3, 0.4) is 0 Å². The van der Waals surface area contributed by atoms with E-state index in [4.69, 9.17) is 0 Å². The van der Waals surface area contributed by atoms with E-state index in [1.54, 1.807) is 12.4 Å². The molecule has 0 saturated carbocycles. The van der Waals surface area contributed by atoms with E-state index >= 15 is 0 Å². The molecule has 1 fully saturated rings. The summed E-state index contributed by atoms with van der Waals surface area (Å²) in [6.07, 6.45) is 4.19. The third kappa shape index (κ3) is 3.85. The lowest BCUT2D eigenvalue weighted by Crippen LogP contribution is -2.34. The number of carbonyl (C=O) groups excluding carboxylic acids is 1. The second kappa shape index (κ2) is 6.43. The Labute approximate surface area is 124 Å². The standard InChI is InChI=1S/C14H22N4OS/c1-4-16-12-10-15-9-11(17-12)13(19)18-6-5-14(2,3)20-8-7-18/h9-10H,4-8H2,1-3H3,(H,16,17). The fraction of sp³-hybridized carbons (Fsp3) is 0.643. The van der Waals surface area contributed by atoms with Crippen LogP contribution in [-0.2, 0) is 0 Å². The monoisotopic (exact) mass is 294 g/mol. The van der Waals surface area contributed by atoms with E-state index in [2.05, 4.69) is 29.1 Å². The Hall–Kier alpha value is -1.30. The predicted molar refractivity (Wildman–Crippen MR) is 83.3 cm³/mol. The summed E-state index contributed by atoms with van der Waals surface area (Å²) in [6.45, 7) is 8.78. The molecule has 6 heteroatoms. The molecule has 110 valence electrons. The molecule has 0 aromatic carbocycles. The summed E-state index contributed by atoms with van der Waals surface area (Å²) in [5, 5.41) is 3.08. The highest BCUT2D eigenvalue weighted by Crippen LogP contribution is 2.30. The highest BCUT2D eigenvalue weighted by molar-refractivity contribution is 8.00. The first-order valence-electron chi connectivity index (χ1n) is 7.01. The molecule has 0 unspecified atom stereocenters. The minimum Gasteiger partial charge on any atom is -0.369 e. The van der Waals surface area contributed by atoms with Gasteiger partial charge in [0.15, 0.2) is 0 Å². The molecule has 1 N–H and O–H groups in total. The van der Waals surface area contributed by atoms with Gasteiger partial charge in [-0.15, -0.1) is 0 Å². The second-order valence-corrected chi connectivity index (χ2v) is 7.27. The van der Waals surface area contributed by atoms with Crippen molar-refractivity contribution in [2.75, 3.05) is 30.7 Å². The van der Waals surface area contributed by atoms with Gasteiger partial charge in [-0.1, -0.05) is 13.8 Å². The largest absolute Gasteiger partial charge is 0.369 e. The number of carbonyl (C=O) groups is 1. The van der Waals surface area contributed by atoms with Gasteiger partial charge in [-0.05, 0) is 13.3 Å². The van der Waals surface area contributed by atoms with E-state index in [1.807, 2.05) is 23.6 Å². The van der Waals surface area contributed by atoms with Crippen LogP contribution >= 0.6 is 11.8 Å². The van der Waals surface area contributed by atoms with Crippen molar-refractivity contribution >= 4 is 23.5 Å². The van der Waals surface area contributed by atoms with E-state index in [1.165, 1.54) is 0 Å². The zero-order chi connectivity index (χ0) is 14.6. The molecule has 1 amide bonds. The average molecular weight is 294 g/mol. The Morgan fingerprint density at radius 3 is 3.00 bits per heavy atom. The van der Waals surface area contributed by atoms with Crippen LogP contribution in [0.1, 0.15) is 37.7 Å². The highest BCUT2D eigenvalue weighted by Gasteiger charge is 2.27. The molecule has 0 radical (unpaired) electrons. The maximum absolute atomic E-state index is 12.5. The Morgan fingerprint density at radius 2 is 2.25 bits per heavy atom. The van der Waals surface area contributed by atoms with Crippen LogP contribution in [0, 0.1) is 0 Å². The first-order chi connectivity index (χ1) is 9.52. The minimum atomic E-state index is -0.0180. The lowest BCUT2D eigenvalue weighted by molar-refractivity contribution is 0.0758. The normalized spacial score (nSPS) is 18.4. The highest BCUT2D eigenvalue weighted by atomic mass is 32.2. The molecule has 0 spiro atoms. The van der Waals surface area contributed by atoms with Crippen LogP contribution in [0.4, 0.5) is 5.82 Å². The van der Waals surface area contributed by atoms with Gasteiger partial charge >= 0.3 is 0 Å². The van der Waals surface area contributed by atoms with E-state index in [0.29, 0.717) is 11.5 Å². The molecule has 1 aliphatic heterocycles. The van der Waals surface area contributed by atoms with Gasteiger partial charge in [-0.2, -0.15) is 11.8 Å². The molecule has 1 aliphatic rings. The van der Waals surface area contributed by atoms with Gasteiger partial charge in [0, 0.05) is 30.1 Å². The fourth-order valence-electron chi connectivity index (χ4n) is 2.12. The molecule has 20 heavy (non-hydrogen) atoms. The molecule has 2 heterocycles. The summed E-state index contributed by atoms with van der Waals surface area (Å²) in [5.41, 5.74) is 0.424. The Balaban J connectivity index is 2.08. The van der Waals surface area contributed by atoms with Crippen LogP contribution in [0.15, 0.2) is 12.4 Å². The lowest BCUT2D eigenvalue weighted by atomic mass is 10.1. The van der Waals surface area contributed by atoms with Crippen molar-refractivity contribution in [3.05, 3.63) is 18.1 Å². The van der Waals surface area contributed by atoms with Gasteiger partial charge in [0.25, 0.3) is 5.91 Å². The van der Waals surface area contributed by atoms with Crippen LogP contribution in [0.5, 0.6) is 0 Å². The SMILES string of the molecule is CCNc1cncc(C(=O)N2CCSC(C)(C)CC2)n1. The fourth-order valence-corrected chi connectivity index (χ4v) is 3.22. The van der Waals surface area contributed by atoms with Crippen LogP contribution in [0.25, 0.3) is 0 Å². The zero-order valence-corrected chi connectivity index (χ0v) is 13.2. The van der Waals surface area contributed by atoms with Gasteiger partial charge in [0.2, 0.25) is 0 Å². The van der Waals surface area contributed by atoms with Gasteiger partial charge in [-0.3, -0.25) is 9.78 Å². The van der Waals surface area contributed by atoms with Gasteiger partial charge < -0.3 is 10.2 Å². The molecule has 0 aliphatic carbocycles. The summed E-state index contributed by atoms with van der Waals surface area (Å²) in [4.78, 5) is 22.8. The van der Waals surface area contributed by atoms with Crippen molar-refractivity contribution in [3.63, 3.8) is 0 Å². The van der Waals surface area contributed by atoms with E-state index in [0.717, 1.165) is 31.8 Å². The molecular formula is C14H22N4OS. The average Bonchev–Trinajstić information content (AvgIpc) is 2.60. The molecule has 5 nitrogen and oxygen atoms in total. The second-order valence-electron chi connectivity index (χ2n) is 5.47. The maximum Gasteiger partial charge on any atom is 0.274 e. The Bertz CT molecular complexity index is 478. The molecule has 0 atom stereocenters. The third-order valence-corrected chi connectivity index (χ3v) is 4.71. The molecular weight excluding hydrogens is 272 g/mol. The maximum atomic E-state index is 12.5. The number of hydrogen-bond donors (Lipinski definition) is 1. The van der Waals surface area contributed by atoms with Crippen molar-refractivity contribution in [1.82, 2.24) is 14.9 Å². The number of rotatable bonds is 3. The summed E-state index contributed by atoms with van der Waals surface area (Å²) in [7, 11) is 0. The molecule has 1 aromatic heterocycles. The number of aromatic nitrogens is 2. The number of anilines is 1. The molecule has 1 aromatic rings. The van der Waals surface area contributed by atoms with Crippen molar-refractivity contribution < 1.29 is 4.79 Å². The van der Waals surface area contributed by atoms with Gasteiger partial charge in [0.1, 0.15) is 11.5 Å². The summed E-state index contributed by atoms with van der Waals surface area (Å²) in [6, 6.07) is 0. The zero-order valence-electron chi connectivity index (χ0n) is 12.3. The third-order valence-electron chi connectivity index (χ3n) is 3.34. The van der Waals surface area contributed by atoms with E-state index in [-0.39, 0.29) is 10.7 Å². The minimum absolute atomic E-state index is 0.0180. The lowest BCUT2D eigenvalue weighted by Gasteiger charge is -2.22. The van der Waals surface area contributed by atoms with Crippen LogP contribution in [-0.4, -0.2) is 50.9 Å². The molecule has 0 bridgehead atoms. The first kappa shape index (κ1) is 15.1. The first-order valence-corrected chi connectivity index (χ1v) is 7.99. The molecule has 2 rings (SSSR count). The van der Waals surface area contributed by atoms with Gasteiger partial charge in [0.05, 0.1) is 12.4 Å². The Kier molecular flexibility index (Phi) is 4.86. The van der Waals surface area contributed by atoms with Crippen molar-refractivity contribution in [2.45, 2.75) is 31.9 Å². The molecule has 1 saturated heterocycles. The summed E-state index contributed by atoms with van der Waals surface area (Å²) >= 11 is 1.93. The predicted octanol–water partition coefficient (Wildman–Crippen LogP) is 2.27. The number of thioether (sulfide) groups is 1. The van der Waals surface area contributed by atoms with E-state index in [9.17, 15) is 4.79 Å². The topological polar surface area (TPSA) is 58.1 Å². The number of amides is 1.